The van der Waals surface area contributed by atoms with Crippen LogP contribution in [0.15, 0.2) is 30.7 Å². The third-order valence-electron chi connectivity index (χ3n) is 5.64. The molecule has 0 spiro atoms. The van der Waals surface area contributed by atoms with Crippen LogP contribution in [0.1, 0.15) is 52.9 Å². The number of ether oxygens (including phenoxy) is 2. The molecule has 1 unspecified atom stereocenters. The van der Waals surface area contributed by atoms with E-state index in [1.165, 1.54) is 0 Å². The second-order valence-corrected chi connectivity index (χ2v) is 9.32. The van der Waals surface area contributed by atoms with Crippen LogP contribution < -0.4 is 15.4 Å². The summed E-state index contributed by atoms with van der Waals surface area (Å²) in [5, 5.41) is 5.77. The summed E-state index contributed by atoms with van der Waals surface area (Å²) in [5.74, 6) is 0.450. The third-order valence-corrected chi connectivity index (χ3v) is 5.64. The molecule has 3 rings (SSSR count). The van der Waals surface area contributed by atoms with E-state index in [2.05, 4.69) is 15.6 Å². The lowest BCUT2D eigenvalue weighted by Gasteiger charge is -2.31. The Labute approximate surface area is 189 Å². The average molecular weight is 443 g/mol. The molecule has 1 fully saturated rings. The van der Waals surface area contributed by atoms with Gasteiger partial charge in [0.25, 0.3) is 0 Å². The van der Waals surface area contributed by atoms with Crippen LogP contribution in [0, 0.1) is 5.92 Å². The van der Waals surface area contributed by atoms with Gasteiger partial charge >= 0.3 is 6.09 Å². The summed E-state index contributed by atoms with van der Waals surface area (Å²) in [7, 11) is 3.50. The number of anilines is 1. The lowest BCUT2D eigenvalue weighted by atomic mass is 9.83. The molecule has 1 heterocycles. The van der Waals surface area contributed by atoms with Crippen molar-refractivity contribution in [3.05, 3.63) is 30.7 Å². The van der Waals surface area contributed by atoms with Crippen LogP contribution in [-0.4, -0.2) is 40.3 Å². The molecule has 2 amide bonds. The summed E-state index contributed by atoms with van der Waals surface area (Å²) < 4.78 is 12.9. The van der Waals surface area contributed by atoms with Crippen molar-refractivity contribution in [2.45, 2.75) is 64.5 Å². The van der Waals surface area contributed by atoms with E-state index < -0.39 is 17.7 Å². The highest BCUT2D eigenvalue weighted by atomic mass is 16.6. The van der Waals surface area contributed by atoms with Crippen molar-refractivity contribution in [1.29, 1.82) is 0 Å². The second-order valence-electron chi connectivity index (χ2n) is 9.32. The maximum Gasteiger partial charge on any atom is 0.408 e. The van der Waals surface area contributed by atoms with Gasteiger partial charge in [0.2, 0.25) is 5.91 Å². The van der Waals surface area contributed by atoms with Gasteiger partial charge in [-0.25, -0.2) is 9.78 Å². The summed E-state index contributed by atoms with van der Waals surface area (Å²) in [6, 6.07) is 4.84. The predicted octanol–water partition coefficient (Wildman–Crippen LogP) is 4.51. The molecule has 1 aliphatic rings. The molecule has 8 nitrogen and oxygen atoms in total. The van der Waals surface area contributed by atoms with E-state index in [-0.39, 0.29) is 11.8 Å². The van der Waals surface area contributed by atoms with Crippen molar-refractivity contribution in [3.8, 4) is 17.0 Å². The first-order chi connectivity index (χ1) is 15.2. The SMILES string of the molecule is COc1cc(NC(=O)C(NC(=O)OC(C)(C)C)C2CCCCC2)ccc1-c1cncn1C. The zero-order valence-corrected chi connectivity index (χ0v) is 19.6. The van der Waals surface area contributed by atoms with Gasteiger partial charge in [-0.2, -0.15) is 0 Å². The van der Waals surface area contributed by atoms with Crippen molar-refractivity contribution < 1.29 is 19.1 Å². The van der Waals surface area contributed by atoms with Crippen molar-refractivity contribution >= 4 is 17.7 Å². The summed E-state index contributed by atoms with van der Waals surface area (Å²) >= 11 is 0. The number of aryl methyl sites for hydroxylation is 1. The van der Waals surface area contributed by atoms with E-state index in [4.69, 9.17) is 9.47 Å². The van der Waals surface area contributed by atoms with Crippen LogP contribution >= 0.6 is 0 Å². The smallest absolute Gasteiger partial charge is 0.408 e. The summed E-state index contributed by atoms with van der Waals surface area (Å²) in [5.41, 5.74) is 1.75. The van der Waals surface area contributed by atoms with E-state index in [1.54, 1.807) is 46.5 Å². The Kier molecular flexibility index (Phi) is 7.43. The molecular formula is C24H34N4O4. The summed E-state index contributed by atoms with van der Waals surface area (Å²) in [6.07, 6.45) is 7.97. The van der Waals surface area contributed by atoms with Gasteiger partial charge in [0.05, 0.1) is 25.3 Å². The van der Waals surface area contributed by atoms with Crippen LogP contribution in [0.2, 0.25) is 0 Å². The molecule has 1 aromatic heterocycles. The standard InChI is InChI=1S/C24H34N4O4/c1-24(2,3)32-23(30)27-21(16-9-7-6-8-10-16)22(29)26-17-11-12-18(20(13-17)31-5)19-14-25-15-28(19)4/h11-16,21H,6-10H2,1-5H3,(H,26,29)(H,27,30). The molecule has 0 bridgehead atoms. The number of hydrogen-bond acceptors (Lipinski definition) is 5. The van der Waals surface area contributed by atoms with Gasteiger partial charge in [0, 0.05) is 24.4 Å². The highest BCUT2D eigenvalue weighted by Crippen LogP contribution is 2.33. The topological polar surface area (TPSA) is 94.5 Å². The summed E-state index contributed by atoms with van der Waals surface area (Å²) in [4.78, 5) is 29.8. The van der Waals surface area contributed by atoms with Gasteiger partial charge in [0.15, 0.2) is 0 Å². The van der Waals surface area contributed by atoms with Crippen LogP contribution in [0.25, 0.3) is 11.3 Å². The minimum Gasteiger partial charge on any atom is -0.496 e. The fourth-order valence-electron chi connectivity index (χ4n) is 4.12. The molecular weight excluding hydrogens is 408 g/mol. The number of alkyl carbamates (subject to hydrolysis) is 1. The number of carbonyl (C=O) groups excluding carboxylic acids is 2. The number of nitrogens with one attached hydrogen (secondary N) is 2. The van der Waals surface area contributed by atoms with E-state index in [0.717, 1.165) is 43.4 Å². The Morgan fingerprint density at radius 2 is 1.91 bits per heavy atom. The van der Waals surface area contributed by atoms with Gasteiger partial charge < -0.3 is 24.7 Å². The van der Waals surface area contributed by atoms with E-state index in [0.29, 0.717) is 11.4 Å². The van der Waals surface area contributed by atoms with Gasteiger partial charge in [-0.1, -0.05) is 19.3 Å². The van der Waals surface area contributed by atoms with Crippen molar-refractivity contribution in [2.24, 2.45) is 13.0 Å². The number of rotatable bonds is 6. The first-order valence-corrected chi connectivity index (χ1v) is 11.1. The van der Waals surface area contributed by atoms with Crippen molar-refractivity contribution in [2.75, 3.05) is 12.4 Å². The maximum absolute atomic E-state index is 13.2. The number of benzene rings is 1. The van der Waals surface area contributed by atoms with Gasteiger partial charge in [-0.05, 0) is 51.7 Å². The molecule has 2 aromatic rings. The fraction of sp³-hybridized carbons (Fsp3) is 0.542. The van der Waals surface area contributed by atoms with Gasteiger partial charge in [-0.3, -0.25) is 4.79 Å². The van der Waals surface area contributed by atoms with E-state index in [9.17, 15) is 9.59 Å². The van der Waals surface area contributed by atoms with Crippen molar-refractivity contribution in [1.82, 2.24) is 14.9 Å². The Bertz CT molecular complexity index is 942. The molecule has 1 atom stereocenters. The Balaban J connectivity index is 1.78. The van der Waals surface area contributed by atoms with E-state index >= 15 is 0 Å². The molecule has 8 heteroatoms. The quantitative estimate of drug-likeness (QED) is 0.686. The number of amides is 2. The molecule has 2 N–H and O–H groups in total. The second kappa shape index (κ2) is 10.1. The molecule has 1 saturated carbocycles. The minimum absolute atomic E-state index is 0.0758. The fourth-order valence-corrected chi connectivity index (χ4v) is 4.12. The van der Waals surface area contributed by atoms with E-state index in [1.807, 2.05) is 23.7 Å². The van der Waals surface area contributed by atoms with Crippen molar-refractivity contribution in [3.63, 3.8) is 0 Å². The number of imidazole rings is 1. The highest BCUT2D eigenvalue weighted by Gasteiger charge is 2.32. The first kappa shape index (κ1) is 23.6. The highest BCUT2D eigenvalue weighted by molar-refractivity contribution is 5.97. The van der Waals surface area contributed by atoms with Gasteiger partial charge in [0.1, 0.15) is 17.4 Å². The molecule has 32 heavy (non-hydrogen) atoms. The Hall–Kier alpha value is -3.03. The third kappa shape index (κ3) is 6.02. The predicted molar refractivity (Wildman–Crippen MR) is 124 cm³/mol. The molecule has 0 saturated heterocycles. The zero-order valence-electron chi connectivity index (χ0n) is 19.6. The Morgan fingerprint density at radius 1 is 1.19 bits per heavy atom. The largest absolute Gasteiger partial charge is 0.496 e. The molecule has 0 radical (unpaired) electrons. The number of aromatic nitrogens is 2. The number of carbonyl (C=O) groups is 2. The number of methoxy groups -OCH3 is 1. The lowest BCUT2D eigenvalue weighted by Crippen LogP contribution is -2.50. The molecule has 174 valence electrons. The van der Waals surface area contributed by atoms with Gasteiger partial charge in [-0.15, -0.1) is 0 Å². The molecule has 1 aromatic carbocycles. The van der Waals surface area contributed by atoms with Crippen LogP contribution in [-0.2, 0) is 16.6 Å². The monoisotopic (exact) mass is 442 g/mol. The maximum atomic E-state index is 13.2. The molecule has 1 aliphatic carbocycles. The zero-order chi connectivity index (χ0) is 23.3. The molecule has 0 aliphatic heterocycles. The minimum atomic E-state index is -0.659. The number of nitrogens with zero attached hydrogens (tertiary/aromatic N) is 2. The Morgan fingerprint density at radius 3 is 2.50 bits per heavy atom. The average Bonchev–Trinajstić information content (AvgIpc) is 3.16. The normalized spacial score (nSPS) is 15.7. The van der Waals surface area contributed by atoms with Crippen LogP contribution in [0.3, 0.4) is 0 Å². The first-order valence-electron chi connectivity index (χ1n) is 11.1. The number of hydrogen-bond donors (Lipinski definition) is 2. The van der Waals surface area contributed by atoms with Crippen LogP contribution in [0.5, 0.6) is 5.75 Å². The summed E-state index contributed by atoms with van der Waals surface area (Å²) in [6.45, 7) is 5.41. The van der Waals surface area contributed by atoms with Crippen LogP contribution in [0.4, 0.5) is 10.5 Å². The lowest BCUT2D eigenvalue weighted by molar-refractivity contribution is -0.119.